The van der Waals surface area contributed by atoms with Crippen LogP contribution in [0, 0.1) is 13.8 Å². The Morgan fingerprint density at radius 2 is 1.50 bits per heavy atom. The van der Waals surface area contributed by atoms with Crippen molar-refractivity contribution in [3.8, 4) is 5.75 Å². The van der Waals surface area contributed by atoms with E-state index in [0.717, 1.165) is 36.4 Å². The van der Waals surface area contributed by atoms with E-state index in [0.29, 0.717) is 23.8 Å². The fourth-order valence-electron chi connectivity index (χ4n) is 4.32. The topological polar surface area (TPSA) is 52.6 Å². The Morgan fingerprint density at radius 1 is 0.944 bits per heavy atom. The number of aryl methyl sites for hydroxylation is 2. The summed E-state index contributed by atoms with van der Waals surface area (Å²) in [5.74, 6) is 0.649. The maximum absolute atomic E-state index is 12.4. The fraction of sp³-hybridized carbons (Fsp3) is 0.481. The number of hydrogen-bond acceptors (Lipinski definition) is 4. The predicted molar refractivity (Wildman–Crippen MR) is 133 cm³/mol. The van der Waals surface area contributed by atoms with Crippen molar-refractivity contribution in [2.24, 2.45) is 0 Å². The molecule has 198 valence electrons. The van der Waals surface area contributed by atoms with Crippen LogP contribution in [0.1, 0.15) is 47.2 Å². The molecule has 1 aliphatic rings. The van der Waals surface area contributed by atoms with Gasteiger partial charge in [-0.2, -0.15) is 13.2 Å². The number of aldehydes is 1. The number of halogens is 4. The summed E-state index contributed by atoms with van der Waals surface area (Å²) in [7, 11) is 0. The molecule has 0 bridgehead atoms. The number of carbonyl (C=O) groups is 2. The molecule has 9 heteroatoms. The Morgan fingerprint density at radius 3 is 2.06 bits per heavy atom. The third-order valence-corrected chi connectivity index (χ3v) is 6.59. The van der Waals surface area contributed by atoms with Crippen molar-refractivity contribution in [2.45, 2.75) is 45.7 Å². The molecule has 1 fully saturated rings. The summed E-state index contributed by atoms with van der Waals surface area (Å²) >= 11 is 6.13. The minimum absolute atomic E-state index is 0.347. The van der Waals surface area contributed by atoms with Crippen molar-refractivity contribution in [3.63, 3.8) is 0 Å². The Hall–Kier alpha value is -2.58. The summed E-state index contributed by atoms with van der Waals surface area (Å²) in [6.45, 7) is 9.21. The maximum atomic E-state index is 12.4. The molecule has 1 saturated heterocycles. The lowest BCUT2D eigenvalue weighted by molar-refractivity contribution is -0.927. The first-order valence-corrected chi connectivity index (χ1v) is 12.4. The highest BCUT2D eigenvalue weighted by atomic mass is 35.5. The van der Waals surface area contributed by atoms with E-state index >= 15 is 0 Å². The molecular weight excluding hydrogens is 495 g/mol. The van der Waals surface area contributed by atoms with Gasteiger partial charge in [-0.3, -0.25) is 4.79 Å². The molecule has 0 atom stereocenters. The minimum atomic E-state index is -4.64. The van der Waals surface area contributed by atoms with Crippen LogP contribution in [-0.4, -0.2) is 62.3 Å². The molecule has 5 nitrogen and oxygen atoms in total. The van der Waals surface area contributed by atoms with Crippen LogP contribution < -0.4 is 4.74 Å². The zero-order chi connectivity index (χ0) is 26.6. The molecule has 0 saturated carbocycles. The van der Waals surface area contributed by atoms with Crippen molar-refractivity contribution >= 4 is 23.9 Å². The van der Waals surface area contributed by atoms with Gasteiger partial charge in [0, 0.05) is 0 Å². The van der Waals surface area contributed by atoms with Crippen molar-refractivity contribution in [1.82, 2.24) is 0 Å². The zero-order valence-electron chi connectivity index (χ0n) is 20.8. The van der Waals surface area contributed by atoms with Gasteiger partial charge in [0.1, 0.15) is 32.1 Å². The number of esters is 1. The van der Waals surface area contributed by atoms with Gasteiger partial charge < -0.3 is 14.0 Å². The van der Waals surface area contributed by atoms with Gasteiger partial charge in [0.2, 0.25) is 6.29 Å². The van der Waals surface area contributed by atoms with Gasteiger partial charge in [-0.15, -0.1) is 0 Å². The van der Waals surface area contributed by atoms with E-state index in [-0.39, 0.29) is 5.97 Å². The molecule has 36 heavy (non-hydrogen) atoms. The number of alkyl halides is 3. The van der Waals surface area contributed by atoms with Gasteiger partial charge in [-0.05, 0) is 62.8 Å². The minimum Gasteiger partial charge on any atom is -0.487 e. The molecule has 0 N–H and O–H groups in total. The summed E-state index contributed by atoms with van der Waals surface area (Å²) in [4.78, 5) is 21.1. The number of nitrogens with zero attached hydrogens (tertiary/aromatic N) is 1. The Balaban J connectivity index is 0.000000678. The summed E-state index contributed by atoms with van der Waals surface area (Å²) < 4.78 is 44.0. The zero-order valence-corrected chi connectivity index (χ0v) is 21.5. The van der Waals surface area contributed by atoms with Crippen LogP contribution >= 0.6 is 11.6 Å². The van der Waals surface area contributed by atoms with E-state index in [1.807, 2.05) is 6.07 Å². The summed E-state index contributed by atoms with van der Waals surface area (Å²) in [5.41, 5.74) is 2.78. The number of carbonyl (C=O) groups excluding carboxylic acids is 2. The lowest BCUT2D eigenvalue weighted by Crippen LogP contribution is -2.53. The second kappa shape index (κ2) is 14.2. The van der Waals surface area contributed by atoms with Crippen molar-refractivity contribution in [1.29, 1.82) is 0 Å². The first-order chi connectivity index (χ1) is 17.1. The summed E-state index contributed by atoms with van der Waals surface area (Å²) in [6.07, 6.45) is -0.731. The van der Waals surface area contributed by atoms with Crippen molar-refractivity contribution in [2.75, 3.05) is 39.4 Å². The highest BCUT2D eigenvalue weighted by Gasteiger charge is 2.29. The Bertz CT molecular complexity index is 969. The quantitative estimate of drug-likeness (QED) is 0.228. The van der Waals surface area contributed by atoms with E-state index in [1.165, 1.54) is 36.8 Å². The van der Waals surface area contributed by atoms with Gasteiger partial charge in [0.05, 0.1) is 23.7 Å². The smallest absolute Gasteiger partial charge is 0.446 e. The van der Waals surface area contributed by atoms with E-state index < -0.39 is 12.5 Å². The Labute approximate surface area is 215 Å². The lowest BCUT2D eigenvalue weighted by atomic mass is 10.1. The van der Waals surface area contributed by atoms with Gasteiger partial charge >= 0.3 is 12.1 Å². The number of rotatable bonds is 8. The highest BCUT2D eigenvalue weighted by molar-refractivity contribution is 6.33. The molecule has 1 heterocycles. The molecular formula is C27H34ClF3NO4+. The third-order valence-electron chi connectivity index (χ3n) is 6.26. The van der Waals surface area contributed by atoms with Crippen LogP contribution in [0.5, 0.6) is 5.75 Å². The second-order valence-electron chi connectivity index (χ2n) is 8.99. The molecule has 2 aromatic carbocycles. The van der Waals surface area contributed by atoms with E-state index in [2.05, 4.69) is 32.0 Å². The predicted octanol–water partition coefficient (Wildman–Crippen LogP) is 6.33. The number of hydrogen-bond donors (Lipinski definition) is 0. The van der Waals surface area contributed by atoms with Crippen LogP contribution in [0.25, 0.3) is 0 Å². The first-order valence-electron chi connectivity index (χ1n) is 12.1. The van der Waals surface area contributed by atoms with Crippen molar-refractivity contribution < 1.29 is 36.7 Å². The lowest BCUT2D eigenvalue weighted by Gasteiger charge is -2.37. The summed E-state index contributed by atoms with van der Waals surface area (Å²) in [6, 6.07) is 13.3. The maximum Gasteiger partial charge on any atom is 0.446 e. The SMILES string of the molecule is Cc1cccc(C)c1OCC[N+]1(CCOC(=O)c2ccccc2Cl)CCCCCC1.O=CC(F)(F)F. The molecule has 0 spiro atoms. The van der Waals surface area contributed by atoms with Gasteiger partial charge in [0.25, 0.3) is 0 Å². The average Bonchev–Trinajstić information content (AvgIpc) is 3.07. The molecule has 0 aromatic heterocycles. The monoisotopic (exact) mass is 528 g/mol. The number of ether oxygens (including phenoxy) is 2. The molecule has 1 aliphatic heterocycles. The number of likely N-dealkylation sites (tertiary alicyclic amines) is 1. The summed E-state index contributed by atoms with van der Waals surface area (Å²) in [5, 5.41) is 0.433. The van der Waals surface area contributed by atoms with E-state index in [1.54, 1.807) is 18.2 Å². The average molecular weight is 529 g/mol. The Kier molecular flexibility index (Phi) is 11.7. The molecule has 0 aliphatic carbocycles. The van der Waals surface area contributed by atoms with Crippen LogP contribution in [0.4, 0.5) is 13.2 Å². The fourth-order valence-corrected chi connectivity index (χ4v) is 4.54. The number of para-hydroxylation sites is 1. The van der Waals surface area contributed by atoms with Crippen LogP contribution in [0.15, 0.2) is 42.5 Å². The molecule has 0 unspecified atom stereocenters. The van der Waals surface area contributed by atoms with Crippen LogP contribution in [0.2, 0.25) is 5.02 Å². The molecule has 0 amide bonds. The van der Waals surface area contributed by atoms with Gasteiger partial charge in [0.15, 0.2) is 0 Å². The molecule has 0 radical (unpaired) electrons. The van der Waals surface area contributed by atoms with Crippen LogP contribution in [-0.2, 0) is 9.53 Å². The standard InChI is InChI=1S/C25H33ClNO3.C2HF3O/c1-20-10-9-11-21(2)24(20)29-18-16-27(14-7-3-4-8-15-27)17-19-30-25(28)22-12-5-6-13-23(22)26;3-2(4,5)1-6/h5-6,9-13H,3-4,7-8,14-19H2,1-2H3;1H/q+1;. The van der Waals surface area contributed by atoms with Crippen LogP contribution in [0.3, 0.4) is 0 Å². The number of benzene rings is 2. The van der Waals surface area contributed by atoms with E-state index in [4.69, 9.17) is 25.9 Å². The second-order valence-corrected chi connectivity index (χ2v) is 9.40. The van der Waals surface area contributed by atoms with E-state index in [9.17, 15) is 18.0 Å². The number of quaternary nitrogens is 1. The molecule has 2 aromatic rings. The van der Waals surface area contributed by atoms with Gasteiger partial charge in [-0.1, -0.05) is 41.9 Å². The van der Waals surface area contributed by atoms with Crippen molar-refractivity contribution in [3.05, 3.63) is 64.2 Å². The molecule has 3 rings (SSSR count). The highest BCUT2D eigenvalue weighted by Crippen LogP contribution is 2.24. The van der Waals surface area contributed by atoms with Gasteiger partial charge in [-0.25, -0.2) is 4.79 Å². The normalized spacial score (nSPS) is 15.2. The first kappa shape index (κ1) is 29.6. The third kappa shape index (κ3) is 9.82. The largest absolute Gasteiger partial charge is 0.487 e.